The molecule has 0 saturated carbocycles. The summed E-state index contributed by atoms with van der Waals surface area (Å²) in [6.45, 7) is 6.78. The summed E-state index contributed by atoms with van der Waals surface area (Å²) < 4.78 is 33.3. The Balaban J connectivity index is 2.30. The number of Topliss-reactive ketones (excluding diaryl/α,β-unsaturated/α-hetero) is 1. The van der Waals surface area contributed by atoms with Gasteiger partial charge in [0.25, 0.3) is 0 Å². The molecule has 1 saturated heterocycles. The van der Waals surface area contributed by atoms with E-state index in [9.17, 15) is 29.1 Å². The molecule has 0 radical (unpaired) electrons. The van der Waals surface area contributed by atoms with Gasteiger partial charge in [-0.3, -0.25) is 24.0 Å². The smallest absolute Gasteiger partial charge is 0.303 e. The van der Waals surface area contributed by atoms with E-state index in [0.29, 0.717) is 10.9 Å². The van der Waals surface area contributed by atoms with Crippen LogP contribution in [0.5, 0.6) is 5.75 Å². The number of phenolic OH excluding ortho intramolecular Hbond substituents is 1. The van der Waals surface area contributed by atoms with Crippen LogP contribution in [-0.4, -0.2) is 82.1 Å². The Labute approximate surface area is 250 Å². The summed E-state index contributed by atoms with van der Waals surface area (Å²) in [7, 11) is 0. The van der Waals surface area contributed by atoms with E-state index in [1.165, 1.54) is 19.1 Å². The molecule has 3 rings (SSSR count). The fraction of sp³-hybridized carbons (Fsp3) is 0.444. The molecule has 43 heavy (non-hydrogen) atoms. The number of nitrogens with zero attached hydrogens (tertiary/aromatic N) is 2. The molecule has 15 nitrogen and oxygen atoms in total. The molecule has 1 aliphatic heterocycles. The van der Waals surface area contributed by atoms with Gasteiger partial charge >= 0.3 is 23.9 Å². The van der Waals surface area contributed by atoms with Gasteiger partial charge in [0.05, 0.1) is 5.56 Å². The lowest BCUT2D eigenvalue weighted by Gasteiger charge is -2.46. The van der Waals surface area contributed by atoms with Gasteiger partial charge in [-0.25, -0.2) is 5.01 Å². The van der Waals surface area contributed by atoms with E-state index in [1.54, 1.807) is 13.0 Å². The molecule has 0 spiro atoms. The van der Waals surface area contributed by atoms with Crippen molar-refractivity contribution >= 4 is 58.0 Å². The van der Waals surface area contributed by atoms with Gasteiger partial charge in [0.15, 0.2) is 35.4 Å². The second-order valence-corrected chi connectivity index (χ2v) is 9.93. The minimum atomic E-state index is -1.60. The lowest BCUT2D eigenvalue weighted by Crippen LogP contribution is -2.66. The average molecular weight is 622 g/mol. The molecule has 1 aromatic carbocycles. The van der Waals surface area contributed by atoms with Crippen molar-refractivity contribution in [2.24, 2.45) is 10.8 Å². The summed E-state index contributed by atoms with van der Waals surface area (Å²) in [5, 5.41) is 15.2. The molecule has 2 aromatic rings. The SMILES string of the molecule is CC(=O)OC[C@H]1O[C@@H](N(N=c2oc3cc(O)ccc3c(C)c2C(C)=O)C(N)=S)[C@H](OC(C)=O)[C@@H](OC(C)=O)[C@H]1OC(C)=O. The molecule has 3 N–H and O–H groups in total. The van der Waals surface area contributed by atoms with E-state index in [0.717, 1.165) is 32.7 Å². The first kappa shape index (κ1) is 32.9. The summed E-state index contributed by atoms with van der Waals surface area (Å²) in [6, 6.07) is 4.29. The number of carbonyl (C=O) groups excluding carboxylic acids is 5. The van der Waals surface area contributed by atoms with Gasteiger partial charge in [0, 0.05) is 39.1 Å². The van der Waals surface area contributed by atoms with Gasteiger partial charge in [-0.05, 0) is 43.8 Å². The number of hydrogen-bond acceptors (Lipinski definition) is 14. The Morgan fingerprint density at radius 1 is 0.953 bits per heavy atom. The summed E-state index contributed by atoms with van der Waals surface area (Å²) in [4.78, 5) is 60.8. The Bertz CT molecular complexity index is 1540. The van der Waals surface area contributed by atoms with Gasteiger partial charge in [0.1, 0.15) is 24.0 Å². The van der Waals surface area contributed by atoms with Crippen LogP contribution in [0.2, 0.25) is 0 Å². The van der Waals surface area contributed by atoms with Gasteiger partial charge < -0.3 is 38.9 Å². The fourth-order valence-electron chi connectivity index (χ4n) is 4.57. The number of esters is 4. The molecular formula is C27H31N3O12S. The van der Waals surface area contributed by atoms with Crippen molar-refractivity contribution in [3.63, 3.8) is 0 Å². The van der Waals surface area contributed by atoms with E-state index in [1.807, 2.05) is 0 Å². The number of hydrogen-bond donors (Lipinski definition) is 2. The summed E-state index contributed by atoms with van der Waals surface area (Å²) >= 11 is 5.24. The van der Waals surface area contributed by atoms with Crippen LogP contribution in [0.1, 0.15) is 50.5 Å². The molecule has 16 heteroatoms. The lowest BCUT2D eigenvalue weighted by molar-refractivity contribution is -0.271. The molecule has 0 unspecified atom stereocenters. The van der Waals surface area contributed by atoms with Crippen LogP contribution >= 0.6 is 12.2 Å². The number of aryl methyl sites for hydroxylation is 1. The first-order valence-corrected chi connectivity index (χ1v) is 13.2. The second kappa shape index (κ2) is 13.6. The predicted molar refractivity (Wildman–Crippen MR) is 149 cm³/mol. The summed E-state index contributed by atoms with van der Waals surface area (Å²) in [6.07, 6.45) is -7.47. The molecule has 1 fully saturated rings. The highest BCUT2D eigenvalue weighted by molar-refractivity contribution is 7.80. The van der Waals surface area contributed by atoms with Gasteiger partial charge in [0.2, 0.25) is 5.55 Å². The number of aromatic hydroxyl groups is 1. The maximum absolute atomic E-state index is 12.7. The third-order valence-corrected chi connectivity index (χ3v) is 6.34. The van der Waals surface area contributed by atoms with Crippen molar-refractivity contribution in [2.75, 3.05) is 6.61 Å². The number of ketones is 1. The Morgan fingerprint density at radius 3 is 2.07 bits per heavy atom. The van der Waals surface area contributed by atoms with Crippen molar-refractivity contribution in [1.82, 2.24) is 5.01 Å². The second-order valence-electron chi connectivity index (χ2n) is 9.52. The Hall–Kier alpha value is -4.57. The Kier molecular flexibility index (Phi) is 10.4. The zero-order valence-corrected chi connectivity index (χ0v) is 25.0. The van der Waals surface area contributed by atoms with Crippen molar-refractivity contribution < 1.29 is 57.2 Å². The van der Waals surface area contributed by atoms with Crippen LogP contribution in [0.4, 0.5) is 0 Å². The number of ether oxygens (including phenoxy) is 5. The van der Waals surface area contributed by atoms with E-state index in [4.69, 9.17) is 46.1 Å². The van der Waals surface area contributed by atoms with Gasteiger partial charge in [-0.1, -0.05) is 0 Å². The first-order valence-electron chi connectivity index (χ1n) is 12.8. The van der Waals surface area contributed by atoms with Crippen molar-refractivity contribution in [3.05, 3.63) is 34.9 Å². The third kappa shape index (κ3) is 7.84. The van der Waals surface area contributed by atoms with E-state index < -0.39 is 72.0 Å². The predicted octanol–water partition coefficient (Wildman–Crippen LogP) is 1.09. The molecule has 1 aliphatic rings. The molecule has 0 amide bonds. The Morgan fingerprint density at radius 2 is 1.53 bits per heavy atom. The van der Waals surface area contributed by atoms with E-state index in [2.05, 4.69) is 5.10 Å². The molecule has 5 atom stereocenters. The van der Waals surface area contributed by atoms with Crippen molar-refractivity contribution in [3.8, 4) is 5.75 Å². The number of phenols is 1. The standard InChI is InChI=1S/C27H31N3O12S/c1-11-18-8-7-17(36)9-19(18)41-25(21(11)12(2)31)29-30(27(28)43)26-24(40-16(6)35)23(39-15(5)34)22(38-14(4)33)20(42-26)10-37-13(3)32/h7-9,20,22-24,26,36H,10H2,1-6H3,(H2,28,43)/t20-,22+,23+,24-,26-/m1/s1. The van der Waals surface area contributed by atoms with Crippen molar-refractivity contribution in [2.45, 2.75) is 72.2 Å². The highest BCUT2D eigenvalue weighted by Crippen LogP contribution is 2.31. The van der Waals surface area contributed by atoms with Crippen LogP contribution in [0, 0.1) is 6.92 Å². The van der Waals surface area contributed by atoms with Gasteiger partial charge in [-0.2, -0.15) is 0 Å². The number of thiocarbonyl (C=S) groups is 1. The van der Waals surface area contributed by atoms with Gasteiger partial charge in [-0.15, -0.1) is 5.10 Å². The maximum atomic E-state index is 12.7. The average Bonchev–Trinajstić information content (AvgIpc) is 2.87. The molecule has 232 valence electrons. The molecular weight excluding hydrogens is 590 g/mol. The largest absolute Gasteiger partial charge is 0.508 e. The molecule has 0 aliphatic carbocycles. The van der Waals surface area contributed by atoms with E-state index in [-0.39, 0.29) is 22.5 Å². The topological polar surface area (TPSA) is 206 Å². The number of nitrogens with two attached hydrogens (primary N) is 1. The molecule has 0 bridgehead atoms. The number of fused-ring (bicyclic) bond motifs is 1. The highest BCUT2D eigenvalue weighted by atomic mass is 32.1. The zero-order chi connectivity index (χ0) is 32.2. The minimum absolute atomic E-state index is 0.0325. The van der Waals surface area contributed by atoms with Crippen molar-refractivity contribution in [1.29, 1.82) is 0 Å². The monoisotopic (exact) mass is 621 g/mol. The van der Waals surface area contributed by atoms with Crippen LogP contribution in [0.25, 0.3) is 11.0 Å². The van der Waals surface area contributed by atoms with Crippen LogP contribution in [0.3, 0.4) is 0 Å². The lowest BCUT2D eigenvalue weighted by atomic mass is 9.97. The minimum Gasteiger partial charge on any atom is -0.508 e. The number of rotatable bonds is 8. The van der Waals surface area contributed by atoms with Crippen LogP contribution < -0.4 is 11.3 Å². The van der Waals surface area contributed by atoms with Crippen LogP contribution in [0.15, 0.2) is 27.7 Å². The fourth-order valence-corrected chi connectivity index (χ4v) is 4.72. The highest BCUT2D eigenvalue weighted by Gasteiger charge is 2.54. The normalized spacial score (nSPS) is 21.9. The van der Waals surface area contributed by atoms with Crippen LogP contribution in [-0.2, 0) is 42.9 Å². The van der Waals surface area contributed by atoms with E-state index >= 15 is 0 Å². The molecule has 2 heterocycles. The number of benzene rings is 1. The zero-order valence-electron chi connectivity index (χ0n) is 24.1. The number of carbonyl (C=O) groups is 5. The maximum Gasteiger partial charge on any atom is 0.303 e. The quantitative estimate of drug-likeness (QED) is 0.139. The summed E-state index contributed by atoms with van der Waals surface area (Å²) in [5.74, 6) is -3.78. The third-order valence-electron chi connectivity index (χ3n) is 6.15. The molecule has 1 aromatic heterocycles. The first-order chi connectivity index (χ1) is 20.1. The summed E-state index contributed by atoms with van der Waals surface area (Å²) in [5.41, 5.74) is 6.38.